The zero-order valence-corrected chi connectivity index (χ0v) is 44.7. The maximum Gasteiger partial charge on any atom is 0.258 e. The summed E-state index contributed by atoms with van der Waals surface area (Å²) in [6.07, 6.45) is 7.49. The quantitative estimate of drug-likeness (QED) is 0.0757. The molecule has 5 fully saturated rings. The fourth-order valence-corrected chi connectivity index (χ4v) is 12.1. The molecule has 3 saturated heterocycles. The van der Waals surface area contributed by atoms with Crippen molar-refractivity contribution in [1.82, 2.24) is 35.4 Å². The second kappa shape index (κ2) is 21.6. The molecule has 20 heteroatoms. The second-order valence-corrected chi connectivity index (χ2v) is 24.3. The van der Waals surface area contributed by atoms with Crippen LogP contribution in [0.1, 0.15) is 96.7 Å². The Labute approximate surface area is 440 Å². The molecule has 3 atom stereocenters. The molecule has 2 saturated carbocycles. The van der Waals surface area contributed by atoms with E-state index in [9.17, 15) is 28.7 Å². The van der Waals surface area contributed by atoms with E-state index in [1.54, 1.807) is 32.5 Å². The average Bonchev–Trinajstić information content (AvgIpc) is 3.77. The maximum absolute atomic E-state index is 14.7. The first-order chi connectivity index (χ1) is 34.8. The molecule has 4 aromatic rings. The first kappa shape index (κ1) is 52.8. The summed E-state index contributed by atoms with van der Waals surface area (Å²) in [5, 5.41) is 21.2. The van der Waals surface area contributed by atoms with E-state index in [1.165, 1.54) is 28.0 Å². The molecule has 6 N–H and O–H groups in total. The number of halogens is 2. The number of thiazole rings is 1. The van der Waals surface area contributed by atoms with Crippen molar-refractivity contribution in [3.63, 3.8) is 0 Å². The lowest BCUT2D eigenvalue weighted by Crippen LogP contribution is -2.59. The molecule has 5 aliphatic rings. The Morgan fingerprint density at radius 2 is 1.75 bits per heavy atom. The Bertz CT molecular complexity index is 2660. The molecule has 4 amide bonds. The van der Waals surface area contributed by atoms with Crippen molar-refractivity contribution in [2.45, 2.75) is 145 Å². The molecule has 73 heavy (non-hydrogen) atoms. The summed E-state index contributed by atoms with van der Waals surface area (Å²) in [4.78, 5) is 75.7. The molecule has 3 aliphatic heterocycles. The molecule has 392 valence electrons. The van der Waals surface area contributed by atoms with Crippen molar-refractivity contribution in [3.8, 4) is 16.2 Å². The third-order valence-electron chi connectivity index (χ3n) is 15.3. The van der Waals surface area contributed by atoms with Crippen molar-refractivity contribution < 1.29 is 33.4 Å². The van der Waals surface area contributed by atoms with Crippen molar-refractivity contribution in [2.24, 2.45) is 22.5 Å². The van der Waals surface area contributed by atoms with Crippen LogP contribution >= 0.6 is 34.7 Å². The Hall–Kier alpha value is -5.08. The molecule has 9 rings (SSSR count). The minimum Gasteiger partial charge on any atom is -0.490 e. The zero-order valence-electron chi connectivity index (χ0n) is 42.3. The number of benzene rings is 2. The van der Waals surface area contributed by atoms with E-state index in [4.69, 9.17) is 32.0 Å². The van der Waals surface area contributed by atoms with Crippen LogP contribution in [0, 0.1) is 23.7 Å². The van der Waals surface area contributed by atoms with E-state index in [1.807, 2.05) is 54.4 Å². The van der Waals surface area contributed by atoms with E-state index in [0.29, 0.717) is 56.1 Å². The smallest absolute Gasteiger partial charge is 0.258 e. The van der Waals surface area contributed by atoms with Gasteiger partial charge in [0.1, 0.15) is 28.7 Å². The highest BCUT2D eigenvalue weighted by Crippen LogP contribution is 2.42. The number of nitrogens with zero attached hydrogens (tertiary/aromatic N) is 6. The van der Waals surface area contributed by atoms with Crippen LogP contribution in [0.2, 0.25) is 5.02 Å². The molecule has 2 aromatic heterocycles. The molecule has 16 nitrogen and oxygen atoms in total. The minimum atomic E-state index is -1.98. The highest BCUT2D eigenvalue weighted by atomic mass is 35.5. The lowest BCUT2D eigenvalue weighted by atomic mass is 9.80. The number of ether oxygens (including phenoxy) is 1. The van der Waals surface area contributed by atoms with Crippen LogP contribution in [-0.4, -0.2) is 129 Å². The molecular weight excluding hydrogens is 991 g/mol. The average molecular weight is 1060 g/mol. The Kier molecular flexibility index (Phi) is 15.6. The standard InChI is InChI=1S/C53H68ClFN10O6S2/c1-31-45(72-30-60-31)33-9-10-34(23-59-47(67)39-22-36(66)28-65(39)49(69)46(51(2,3)4)62-50(70)53(55)15-16-53)40(21-33)71-37-13-11-32(12-14-37)48(68)64-26-35(27-64)61-38-7-6-8-41(44(38)54)73-43-25-57-42(24-58-43)63-19-17-52(5,29-56)18-20-63/h6-10,21,24-25,30,32,35-37,39,46,61,66H,11-20,22-23,26-29,56H2,1-5H3,(H,59,67)(H,62,70)/t32?,36-,37?,39+,46-/m1/s1. The fraction of sp³-hybridized carbons (Fsp3) is 0.566. The number of alkyl halides is 1. The number of hydrogen-bond donors (Lipinski definition) is 5. The summed E-state index contributed by atoms with van der Waals surface area (Å²) in [5.74, 6) is -0.343. The van der Waals surface area contributed by atoms with Crippen LogP contribution in [0.5, 0.6) is 5.75 Å². The van der Waals surface area contributed by atoms with Gasteiger partial charge in [-0.15, -0.1) is 11.3 Å². The van der Waals surface area contributed by atoms with Gasteiger partial charge in [-0.1, -0.05) is 69.3 Å². The van der Waals surface area contributed by atoms with Gasteiger partial charge in [-0.25, -0.2) is 19.3 Å². The summed E-state index contributed by atoms with van der Waals surface area (Å²) in [6.45, 7) is 13.1. The number of likely N-dealkylation sites (tertiary alicyclic amines) is 2. The van der Waals surface area contributed by atoms with Crippen LogP contribution in [0.25, 0.3) is 10.4 Å². The number of amides is 4. The number of nitrogens with one attached hydrogen (secondary N) is 3. The SMILES string of the molecule is Cc1ncsc1-c1ccc(CNC(=O)[C@@H]2C[C@@H](O)CN2C(=O)[C@@H](NC(=O)C2(F)CC2)C(C)(C)C)c(OC2CCC(C(=O)N3CC(Nc4cccc(Sc5cnc(N6CCC(C)(CN)CC6)cn5)c4Cl)C3)CC2)c1. The highest BCUT2D eigenvalue weighted by molar-refractivity contribution is 7.99. The summed E-state index contributed by atoms with van der Waals surface area (Å²) in [7, 11) is 0. The monoisotopic (exact) mass is 1060 g/mol. The number of aliphatic hydroxyl groups excluding tert-OH is 1. The number of β-amino-alcohol motifs (C(OH)–C–C–N with tert-alkyl or cyclic N) is 1. The third kappa shape index (κ3) is 12.1. The van der Waals surface area contributed by atoms with Gasteiger partial charge < -0.3 is 46.2 Å². The van der Waals surface area contributed by atoms with Gasteiger partial charge >= 0.3 is 0 Å². The summed E-state index contributed by atoms with van der Waals surface area (Å²) < 4.78 is 21.5. The first-order valence-corrected chi connectivity index (χ1v) is 27.6. The topological polar surface area (TPSA) is 208 Å². The Morgan fingerprint density at radius 1 is 1.01 bits per heavy atom. The Morgan fingerprint density at radius 3 is 2.40 bits per heavy atom. The first-order valence-electron chi connectivity index (χ1n) is 25.5. The number of carbonyl (C=O) groups is 4. The van der Waals surface area contributed by atoms with Gasteiger partial charge in [0, 0.05) is 62.1 Å². The number of rotatable bonds is 16. The number of carbonyl (C=O) groups excluding carboxylic acids is 4. The van der Waals surface area contributed by atoms with E-state index in [0.717, 1.165) is 69.1 Å². The number of aliphatic hydroxyl groups is 1. The van der Waals surface area contributed by atoms with Crippen LogP contribution < -0.4 is 31.3 Å². The van der Waals surface area contributed by atoms with Crippen LogP contribution in [0.4, 0.5) is 15.9 Å². The van der Waals surface area contributed by atoms with Gasteiger partial charge in [-0.2, -0.15) is 0 Å². The molecule has 2 aromatic carbocycles. The van der Waals surface area contributed by atoms with E-state index >= 15 is 0 Å². The minimum absolute atomic E-state index is 0.0167. The van der Waals surface area contributed by atoms with Gasteiger partial charge in [-0.05, 0) is 99.4 Å². The number of aryl methyl sites for hydroxylation is 1. The van der Waals surface area contributed by atoms with Gasteiger partial charge in [0.05, 0.1) is 57.4 Å². The molecule has 0 unspecified atom stereocenters. The largest absolute Gasteiger partial charge is 0.490 e. The maximum atomic E-state index is 14.7. The van der Waals surface area contributed by atoms with Gasteiger partial charge in [0.15, 0.2) is 5.67 Å². The number of hydrogen-bond acceptors (Lipinski definition) is 14. The number of piperidine rings is 1. The third-order valence-corrected chi connectivity index (χ3v) is 17.8. The van der Waals surface area contributed by atoms with Crippen LogP contribution in [0.3, 0.4) is 0 Å². The lowest BCUT2D eigenvalue weighted by molar-refractivity contribution is -0.145. The van der Waals surface area contributed by atoms with Crippen LogP contribution in [-0.2, 0) is 25.7 Å². The van der Waals surface area contributed by atoms with Crippen molar-refractivity contribution in [2.75, 3.05) is 49.5 Å². The van der Waals surface area contributed by atoms with Crippen molar-refractivity contribution in [1.29, 1.82) is 0 Å². The molecule has 0 spiro atoms. The molecule has 0 bridgehead atoms. The summed E-state index contributed by atoms with van der Waals surface area (Å²) in [6, 6.07) is 9.69. The lowest BCUT2D eigenvalue weighted by Gasteiger charge is -2.43. The predicted octanol–water partition coefficient (Wildman–Crippen LogP) is 7.15. The molecule has 2 aliphatic carbocycles. The molecule has 0 radical (unpaired) electrons. The van der Waals surface area contributed by atoms with Gasteiger partial charge in [-0.3, -0.25) is 19.2 Å². The Balaban J connectivity index is 0.774. The number of anilines is 2. The predicted molar refractivity (Wildman–Crippen MR) is 281 cm³/mol. The molecular formula is C53H68ClFN10O6S2. The number of nitrogens with two attached hydrogens (primary N) is 1. The highest BCUT2D eigenvalue weighted by Gasteiger charge is 2.53. The van der Waals surface area contributed by atoms with E-state index < -0.39 is 47.0 Å². The fourth-order valence-electron chi connectivity index (χ4n) is 10.2. The van der Waals surface area contributed by atoms with E-state index in [-0.39, 0.29) is 61.7 Å². The normalized spacial score (nSPS) is 23.1. The van der Waals surface area contributed by atoms with Gasteiger partial charge in [0.2, 0.25) is 17.7 Å². The summed E-state index contributed by atoms with van der Waals surface area (Å²) in [5.41, 5.74) is 8.56. The van der Waals surface area contributed by atoms with Crippen molar-refractivity contribution >= 4 is 69.8 Å². The summed E-state index contributed by atoms with van der Waals surface area (Å²) >= 11 is 9.94. The molecule has 5 heterocycles. The zero-order chi connectivity index (χ0) is 51.8. The van der Waals surface area contributed by atoms with Gasteiger partial charge in [0.25, 0.3) is 5.91 Å². The van der Waals surface area contributed by atoms with Crippen LogP contribution in [0.15, 0.2) is 64.2 Å². The van der Waals surface area contributed by atoms with E-state index in [2.05, 4.69) is 32.8 Å². The second-order valence-electron chi connectivity index (χ2n) is 22.1. The van der Waals surface area contributed by atoms with Crippen molar-refractivity contribution in [3.05, 3.63) is 70.6 Å². The number of aromatic nitrogens is 3.